The summed E-state index contributed by atoms with van der Waals surface area (Å²) in [6, 6.07) is 11.6. The quantitative estimate of drug-likeness (QED) is 0.365. The Labute approximate surface area is 172 Å². The van der Waals surface area contributed by atoms with E-state index in [1.165, 1.54) is 0 Å². The number of esters is 2. The fourth-order valence-electron chi connectivity index (χ4n) is 2.85. The van der Waals surface area contributed by atoms with Crippen molar-refractivity contribution in [1.82, 2.24) is 0 Å². The summed E-state index contributed by atoms with van der Waals surface area (Å²) in [6.45, 7) is 18.5. The molecule has 4 nitrogen and oxygen atoms in total. The van der Waals surface area contributed by atoms with Crippen molar-refractivity contribution in [3.8, 4) is 11.5 Å². The molecule has 0 saturated heterocycles. The van der Waals surface area contributed by atoms with E-state index in [9.17, 15) is 9.59 Å². The van der Waals surface area contributed by atoms with E-state index in [0.29, 0.717) is 22.6 Å². The number of carbonyl (C=O) groups excluding carboxylic acids is 2. The molecule has 0 saturated carbocycles. The molecule has 2 rings (SSSR count). The van der Waals surface area contributed by atoms with Crippen LogP contribution in [0, 0.1) is 13.8 Å². The molecule has 0 fully saturated rings. The Bertz CT molecular complexity index is 916. The molecule has 2 aromatic rings. The Hall–Kier alpha value is -3.14. The topological polar surface area (TPSA) is 52.6 Å². The molecule has 29 heavy (non-hydrogen) atoms. The second-order valence-corrected chi connectivity index (χ2v) is 7.93. The van der Waals surface area contributed by atoms with Crippen LogP contribution >= 0.6 is 0 Å². The molecule has 0 atom stereocenters. The number of hydrogen-bond acceptors (Lipinski definition) is 4. The molecule has 0 radical (unpaired) electrons. The van der Waals surface area contributed by atoms with E-state index in [0.717, 1.165) is 22.3 Å². The maximum Gasteiger partial charge on any atom is 0.338 e. The van der Waals surface area contributed by atoms with Crippen molar-refractivity contribution in [1.29, 1.82) is 0 Å². The van der Waals surface area contributed by atoms with Gasteiger partial charge in [0.25, 0.3) is 0 Å². The van der Waals surface area contributed by atoms with Gasteiger partial charge >= 0.3 is 11.9 Å². The Kier molecular flexibility index (Phi) is 6.48. The average molecular weight is 392 g/mol. The lowest BCUT2D eigenvalue weighted by molar-refractivity contribution is -0.131. The number of hydrogen-bond donors (Lipinski definition) is 0. The van der Waals surface area contributed by atoms with Gasteiger partial charge in [-0.1, -0.05) is 51.3 Å². The van der Waals surface area contributed by atoms with Crippen molar-refractivity contribution < 1.29 is 19.1 Å². The van der Waals surface area contributed by atoms with Crippen LogP contribution in [0.2, 0.25) is 0 Å². The molecule has 0 aliphatic heterocycles. The van der Waals surface area contributed by atoms with Crippen molar-refractivity contribution in [2.75, 3.05) is 0 Å². The first-order valence-corrected chi connectivity index (χ1v) is 9.41. The van der Waals surface area contributed by atoms with Crippen molar-refractivity contribution in [3.63, 3.8) is 0 Å². The Morgan fingerprint density at radius 1 is 0.759 bits per heavy atom. The SMILES string of the molecule is C=C(C)C(=O)Oc1ccc(C(C)(C)c2ccc(OC(=O)C(=C)C)c(C)c2)cc1C. The number of aryl methyl sites for hydroxylation is 2. The molecule has 0 spiro atoms. The Morgan fingerprint density at radius 3 is 1.38 bits per heavy atom. The highest BCUT2D eigenvalue weighted by atomic mass is 16.5. The Morgan fingerprint density at radius 2 is 1.10 bits per heavy atom. The van der Waals surface area contributed by atoms with E-state index in [1.54, 1.807) is 13.8 Å². The molecule has 0 heterocycles. The first-order valence-electron chi connectivity index (χ1n) is 9.41. The van der Waals surface area contributed by atoms with Crippen molar-refractivity contribution >= 4 is 11.9 Å². The standard InChI is InChI=1S/C25H28O4/c1-15(2)23(26)28-21-11-9-19(13-17(21)5)25(7,8)20-10-12-22(18(6)14-20)29-24(27)16(3)4/h9-14H,1,3H2,2,4-8H3. The summed E-state index contributed by atoms with van der Waals surface area (Å²) in [4.78, 5) is 23.6. The van der Waals surface area contributed by atoms with Crippen LogP contribution in [0.3, 0.4) is 0 Å². The van der Waals surface area contributed by atoms with E-state index in [4.69, 9.17) is 9.47 Å². The van der Waals surface area contributed by atoms with Gasteiger partial charge in [0.2, 0.25) is 0 Å². The second kappa shape index (κ2) is 8.48. The highest BCUT2D eigenvalue weighted by Gasteiger charge is 2.25. The third kappa shape index (κ3) is 5.02. The summed E-state index contributed by atoms with van der Waals surface area (Å²) in [5, 5.41) is 0. The van der Waals surface area contributed by atoms with Gasteiger partial charge in [0.05, 0.1) is 0 Å². The monoisotopic (exact) mass is 392 g/mol. The van der Waals surface area contributed by atoms with Gasteiger partial charge in [0, 0.05) is 16.6 Å². The number of rotatable bonds is 6. The fourth-order valence-corrected chi connectivity index (χ4v) is 2.85. The summed E-state index contributed by atoms with van der Waals surface area (Å²) < 4.78 is 10.8. The van der Waals surface area contributed by atoms with Crippen molar-refractivity contribution in [2.24, 2.45) is 0 Å². The highest BCUT2D eigenvalue weighted by Crippen LogP contribution is 2.36. The normalized spacial score (nSPS) is 11.0. The van der Waals surface area contributed by atoms with Crippen molar-refractivity contribution in [2.45, 2.75) is 47.0 Å². The minimum absolute atomic E-state index is 0.302. The van der Waals surface area contributed by atoms with Crippen LogP contribution in [-0.4, -0.2) is 11.9 Å². The number of ether oxygens (including phenoxy) is 2. The predicted octanol–water partition coefficient (Wildman–Crippen LogP) is 5.59. The molecule has 2 aromatic carbocycles. The fraction of sp³-hybridized carbons (Fsp3) is 0.280. The lowest BCUT2D eigenvalue weighted by atomic mass is 9.77. The van der Waals surface area contributed by atoms with E-state index >= 15 is 0 Å². The maximum absolute atomic E-state index is 11.8. The highest BCUT2D eigenvalue weighted by molar-refractivity contribution is 5.89. The lowest BCUT2D eigenvalue weighted by Gasteiger charge is -2.27. The summed E-state index contributed by atoms with van der Waals surface area (Å²) in [5.74, 6) is 0.179. The Balaban J connectivity index is 2.32. The number of benzene rings is 2. The van der Waals surface area contributed by atoms with Gasteiger partial charge in [-0.3, -0.25) is 0 Å². The van der Waals surface area contributed by atoms with E-state index in [1.807, 2.05) is 50.2 Å². The van der Waals surface area contributed by atoms with Crippen LogP contribution in [0.1, 0.15) is 49.9 Å². The van der Waals surface area contributed by atoms with E-state index < -0.39 is 11.9 Å². The first kappa shape index (κ1) is 22.2. The third-order valence-electron chi connectivity index (χ3n) is 4.90. The van der Waals surface area contributed by atoms with Gasteiger partial charge in [-0.15, -0.1) is 0 Å². The minimum atomic E-state index is -0.435. The molecular formula is C25H28O4. The molecule has 0 unspecified atom stereocenters. The minimum Gasteiger partial charge on any atom is -0.423 e. The smallest absolute Gasteiger partial charge is 0.338 e. The molecule has 152 valence electrons. The molecule has 0 amide bonds. The molecular weight excluding hydrogens is 364 g/mol. The summed E-state index contributed by atoms with van der Waals surface area (Å²) >= 11 is 0. The van der Waals surface area contributed by atoms with Crippen molar-refractivity contribution in [3.05, 3.63) is 83.0 Å². The second-order valence-electron chi connectivity index (χ2n) is 7.93. The van der Waals surface area contributed by atoms with Gasteiger partial charge in [-0.25, -0.2) is 9.59 Å². The van der Waals surface area contributed by atoms with E-state index in [-0.39, 0.29) is 5.41 Å². The lowest BCUT2D eigenvalue weighted by Crippen LogP contribution is -2.20. The largest absolute Gasteiger partial charge is 0.423 e. The van der Waals surface area contributed by atoms with Gasteiger partial charge in [-0.2, -0.15) is 0 Å². The third-order valence-corrected chi connectivity index (χ3v) is 4.90. The zero-order chi connectivity index (χ0) is 21.9. The molecule has 0 aliphatic carbocycles. The zero-order valence-corrected chi connectivity index (χ0v) is 18.0. The van der Waals surface area contributed by atoms with Gasteiger partial charge < -0.3 is 9.47 Å². The zero-order valence-electron chi connectivity index (χ0n) is 18.0. The maximum atomic E-state index is 11.8. The van der Waals surface area contributed by atoms with Crippen LogP contribution in [0.5, 0.6) is 11.5 Å². The van der Waals surface area contributed by atoms with Gasteiger partial charge in [0.15, 0.2) is 0 Å². The first-order chi connectivity index (χ1) is 13.4. The summed E-state index contributed by atoms with van der Waals surface area (Å²) in [5.41, 5.74) is 4.31. The summed E-state index contributed by atoms with van der Waals surface area (Å²) in [6.07, 6.45) is 0. The van der Waals surface area contributed by atoms with Crippen LogP contribution in [0.25, 0.3) is 0 Å². The molecule has 0 aliphatic rings. The van der Waals surface area contributed by atoms with E-state index in [2.05, 4.69) is 27.0 Å². The molecule has 0 N–H and O–H groups in total. The number of carbonyl (C=O) groups is 2. The van der Waals surface area contributed by atoms with Gasteiger partial charge in [0.1, 0.15) is 11.5 Å². The average Bonchev–Trinajstić information content (AvgIpc) is 2.64. The summed E-state index contributed by atoms with van der Waals surface area (Å²) in [7, 11) is 0. The predicted molar refractivity (Wildman–Crippen MR) is 115 cm³/mol. The molecule has 0 aromatic heterocycles. The van der Waals surface area contributed by atoms with Crippen LogP contribution < -0.4 is 9.47 Å². The molecule has 0 bridgehead atoms. The van der Waals surface area contributed by atoms with Gasteiger partial charge in [-0.05, 0) is 62.1 Å². The van der Waals surface area contributed by atoms with Crippen LogP contribution in [-0.2, 0) is 15.0 Å². The molecule has 4 heteroatoms. The van der Waals surface area contributed by atoms with Crippen LogP contribution in [0.4, 0.5) is 0 Å². The van der Waals surface area contributed by atoms with Crippen LogP contribution in [0.15, 0.2) is 60.7 Å².